The summed E-state index contributed by atoms with van der Waals surface area (Å²) >= 11 is 5.81. The molecule has 140 valence electrons. The Bertz CT molecular complexity index is 719. The Kier molecular flexibility index (Phi) is 6.49. The second-order valence-corrected chi connectivity index (χ2v) is 6.44. The number of pyridine rings is 1. The number of ether oxygens (including phenoxy) is 3. The highest BCUT2D eigenvalue weighted by atomic mass is 35.5. The van der Waals surface area contributed by atoms with Gasteiger partial charge in [-0.15, -0.1) is 0 Å². The summed E-state index contributed by atoms with van der Waals surface area (Å²) in [5.74, 6) is 1.66. The Balaban J connectivity index is 1.46. The number of furan rings is 1. The lowest BCUT2D eigenvalue weighted by molar-refractivity contribution is -0.142. The van der Waals surface area contributed by atoms with E-state index in [1.54, 1.807) is 18.3 Å². The third-order valence-electron chi connectivity index (χ3n) is 3.85. The maximum absolute atomic E-state index is 10.8. The standard InChI is InChI=1S/C18H21ClN2O5/c1-13(22)24-11-16-4-3-15(26-16)9-21-6-7-23-17(10-21)12-25-18-5-2-14(19)8-20-18/h2-5,8,17H,6-7,9-12H2,1H3. The predicted octanol–water partition coefficient (Wildman–Crippen LogP) is 2.67. The van der Waals surface area contributed by atoms with Gasteiger partial charge in [0.25, 0.3) is 0 Å². The van der Waals surface area contributed by atoms with Crippen LogP contribution in [0, 0.1) is 0 Å². The zero-order valence-electron chi connectivity index (χ0n) is 14.5. The normalized spacial score (nSPS) is 17.8. The summed E-state index contributed by atoms with van der Waals surface area (Å²) in [7, 11) is 0. The van der Waals surface area contributed by atoms with E-state index in [0.717, 1.165) is 18.8 Å². The van der Waals surface area contributed by atoms with Crippen LogP contribution in [0.2, 0.25) is 5.02 Å². The van der Waals surface area contributed by atoms with Gasteiger partial charge in [-0.1, -0.05) is 11.6 Å². The highest BCUT2D eigenvalue weighted by Gasteiger charge is 2.22. The molecule has 0 N–H and O–H groups in total. The van der Waals surface area contributed by atoms with Gasteiger partial charge in [0.1, 0.15) is 30.8 Å². The van der Waals surface area contributed by atoms with E-state index in [-0.39, 0.29) is 18.7 Å². The van der Waals surface area contributed by atoms with E-state index in [9.17, 15) is 4.79 Å². The number of nitrogens with zero attached hydrogens (tertiary/aromatic N) is 2. The van der Waals surface area contributed by atoms with E-state index in [1.807, 2.05) is 12.1 Å². The number of halogens is 1. The van der Waals surface area contributed by atoms with Crippen molar-refractivity contribution in [2.24, 2.45) is 0 Å². The van der Waals surface area contributed by atoms with Crippen LogP contribution >= 0.6 is 11.6 Å². The highest BCUT2D eigenvalue weighted by Crippen LogP contribution is 2.16. The molecule has 3 heterocycles. The average Bonchev–Trinajstić information content (AvgIpc) is 3.07. The topological polar surface area (TPSA) is 74.0 Å². The van der Waals surface area contributed by atoms with Crippen molar-refractivity contribution in [2.75, 3.05) is 26.3 Å². The van der Waals surface area contributed by atoms with Gasteiger partial charge in [0, 0.05) is 32.3 Å². The summed E-state index contributed by atoms with van der Waals surface area (Å²) in [4.78, 5) is 17.2. The Morgan fingerprint density at radius 3 is 2.96 bits per heavy atom. The van der Waals surface area contributed by atoms with Crippen molar-refractivity contribution in [3.63, 3.8) is 0 Å². The van der Waals surface area contributed by atoms with E-state index in [0.29, 0.717) is 36.4 Å². The third kappa shape index (κ3) is 5.72. The molecule has 8 heteroatoms. The average molecular weight is 381 g/mol. The summed E-state index contributed by atoms with van der Waals surface area (Å²) < 4.78 is 22.0. The minimum Gasteiger partial charge on any atom is -0.475 e. The molecule has 1 aliphatic heterocycles. The van der Waals surface area contributed by atoms with Crippen molar-refractivity contribution in [2.45, 2.75) is 26.2 Å². The highest BCUT2D eigenvalue weighted by molar-refractivity contribution is 6.30. The predicted molar refractivity (Wildman–Crippen MR) is 93.9 cm³/mol. The van der Waals surface area contributed by atoms with Crippen LogP contribution in [0.5, 0.6) is 5.88 Å². The van der Waals surface area contributed by atoms with Crippen LogP contribution < -0.4 is 4.74 Å². The van der Waals surface area contributed by atoms with E-state index in [1.165, 1.54) is 6.92 Å². The zero-order valence-corrected chi connectivity index (χ0v) is 15.3. The molecular formula is C18H21ClN2O5. The molecule has 0 amide bonds. The fourth-order valence-corrected chi connectivity index (χ4v) is 2.74. The molecule has 2 aromatic rings. The van der Waals surface area contributed by atoms with Gasteiger partial charge in [0.15, 0.2) is 0 Å². The molecule has 1 unspecified atom stereocenters. The van der Waals surface area contributed by atoms with Gasteiger partial charge in [-0.2, -0.15) is 0 Å². The first kappa shape index (κ1) is 18.7. The molecule has 3 rings (SSSR count). The lowest BCUT2D eigenvalue weighted by atomic mass is 10.2. The van der Waals surface area contributed by atoms with Crippen molar-refractivity contribution in [1.82, 2.24) is 9.88 Å². The molecule has 1 atom stereocenters. The molecule has 0 aliphatic carbocycles. The summed E-state index contributed by atoms with van der Waals surface area (Å²) in [5.41, 5.74) is 0. The van der Waals surface area contributed by atoms with Crippen molar-refractivity contribution in [3.05, 3.63) is 47.0 Å². The number of carbonyl (C=O) groups is 1. The first-order chi connectivity index (χ1) is 12.6. The number of hydrogen-bond donors (Lipinski definition) is 0. The van der Waals surface area contributed by atoms with Crippen LogP contribution in [0.15, 0.2) is 34.9 Å². The Labute approximate surface area is 156 Å². The van der Waals surface area contributed by atoms with Gasteiger partial charge >= 0.3 is 5.97 Å². The molecule has 1 fully saturated rings. The van der Waals surface area contributed by atoms with Gasteiger partial charge in [-0.25, -0.2) is 4.98 Å². The number of hydrogen-bond acceptors (Lipinski definition) is 7. The largest absolute Gasteiger partial charge is 0.475 e. The first-order valence-electron chi connectivity index (χ1n) is 8.38. The smallest absolute Gasteiger partial charge is 0.303 e. The second-order valence-electron chi connectivity index (χ2n) is 6.00. The van der Waals surface area contributed by atoms with Crippen LogP contribution in [0.25, 0.3) is 0 Å². The molecule has 0 saturated carbocycles. The molecule has 0 radical (unpaired) electrons. The number of rotatable bonds is 7. The zero-order chi connectivity index (χ0) is 18.4. The first-order valence-corrected chi connectivity index (χ1v) is 8.75. The van der Waals surface area contributed by atoms with Gasteiger partial charge in [0.05, 0.1) is 18.2 Å². The van der Waals surface area contributed by atoms with E-state index in [2.05, 4.69) is 9.88 Å². The Morgan fingerprint density at radius 2 is 2.19 bits per heavy atom. The monoisotopic (exact) mass is 380 g/mol. The van der Waals surface area contributed by atoms with Crippen LogP contribution in [0.1, 0.15) is 18.4 Å². The summed E-state index contributed by atoms with van der Waals surface area (Å²) in [6.07, 6.45) is 1.51. The minimum atomic E-state index is -0.325. The van der Waals surface area contributed by atoms with Gasteiger partial charge in [-0.3, -0.25) is 9.69 Å². The Morgan fingerprint density at radius 1 is 1.35 bits per heavy atom. The van der Waals surface area contributed by atoms with Crippen LogP contribution in [-0.2, 0) is 27.4 Å². The Hall–Kier alpha value is -2.09. The second kappa shape index (κ2) is 9.02. The molecule has 26 heavy (non-hydrogen) atoms. The SMILES string of the molecule is CC(=O)OCc1ccc(CN2CCOC(COc3ccc(Cl)cn3)C2)o1. The van der Waals surface area contributed by atoms with Gasteiger partial charge in [0.2, 0.25) is 5.88 Å². The van der Waals surface area contributed by atoms with E-state index < -0.39 is 0 Å². The number of carbonyl (C=O) groups excluding carboxylic acids is 1. The molecule has 1 aliphatic rings. The summed E-state index contributed by atoms with van der Waals surface area (Å²) in [6.45, 7) is 4.79. The molecule has 1 saturated heterocycles. The van der Waals surface area contributed by atoms with Gasteiger partial charge < -0.3 is 18.6 Å². The van der Waals surface area contributed by atoms with E-state index in [4.69, 9.17) is 30.2 Å². The van der Waals surface area contributed by atoms with Crippen molar-refractivity contribution in [1.29, 1.82) is 0 Å². The molecule has 7 nitrogen and oxygen atoms in total. The maximum Gasteiger partial charge on any atom is 0.303 e. The molecule has 0 aromatic carbocycles. The minimum absolute atomic E-state index is 0.0447. The lowest BCUT2D eigenvalue weighted by Crippen LogP contribution is -2.44. The van der Waals surface area contributed by atoms with Crippen molar-refractivity contribution >= 4 is 17.6 Å². The molecule has 0 bridgehead atoms. The van der Waals surface area contributed by atoms with Crippen molar-refractivity contribution < 1.29 is 23.4 Å². The number of morpholine rings is 1. The molecule has 0 spiro atoms. The third-order valence-corrected chi connectivity index (χ3v) is 4.08. The summed E-state index contributed by atoms with van der Waals surface area (Å²) in [6, 6.07) is 7.20. The van der Waals surface area contributed by atoms with E-state index >= 15 is 0 Å². The number of aromatic nitrogens is 1. The lowest BCUT2D eigenvalue weighted by Gasteiger charge is -2.32. The van der Waals surface area contributed by atoms with Crippen LogP contribution in [0.4, 0.5) is 0 Å². The quantitative estimate of drug-likeness (QED) is 0.683. The fraction of sp³-hybridized carbons (Fsp3) is 0.444. The van der Waals surface area contributed by atoms with Crippen LogP contribution in [0.3, 0.4) is 0 Å². The van der Waals surface area contributed by atoms with Gasteiger partial charge in [-0.05, 0) is 18.2 Å². The molecular weight excluding hydrogens is 360 g/mol. The maximum atomic E-state index is 10.8. The number of esters is 1. The fourth-order valence-electron chi connectivity index (χ4n) is 2.63. The van der Waals surface area contributed by atoms with Crippen LogP contribution in [-0.4, -0.2) is 48.3 Å². The molecule has 2 aromatic heterocycles. The van der Waals surface area contributed by atoms with Crippen molar-refractivity contribution in [3.8, 4) is 5.88 Å². The summed E-state index contributed by atoms with van der Waals surface area (Å²) in [5, 5.41) is 0.573.